The molecule has 14 heavy (non-hydrogen) atoms. The Balaban J connectivity index is 2.16. The topological polar surface area (TPSA) is 60.7 Å². The second kappa shape index (κ2) is 2.51. The minimum Gasteiger partial charge on any atom is -0.340 e. The number of imidazole rings is 1. The van der Waals surface area contributed by atoms with Crippen molar-refractivity contribution >= 4 is 11.5 Å². The van der Waals surface area contributed by atoms with Crippen molar-refractivity contribution in [3.63, 3.8) is 0 Å². The minimum atomic E-state index is -0.157. The second-order valence-electron chi connectivity index (χ2n) is 3.39. The molecule has 0 saturated carbocycles. The molecule has 0 fully saturated rings. The van der Waals surface area contributed by atoms with Gasteiger partial charge in [0.1, 0.15) is 5.82 Å². The molecule has 1 aliphatic rings. The Bertz CT molecular complexity index is 493. The number of aromatic amines is 2. The molecule has 2 heterocycles. The second-order valence-corrected chi connectivity index (χ2v) is 3.39. The molecule has 0 radical (unpaired) electrons. The number of H-pyrrole nitrogens is 2. The van der Waals surface area contributed by atoms with Gasteiger partial charge in [0.25, 0.3) is 0 Å². The van der Waals surface area contributed by atoms with Gasteiger partial charge in [0.05, 0.1) is 5.69 Å². The summed E-state index contributed by atoms with van der Waals surface area (Å²) in [6, 6.07) is 8.03. The summed E-state index contributed by atoms with van der Waals surface area (Å²) in [5.74, 6) is 0.786. The Labute approximate surface area is 80.0 Å². The zero-order chi connectivity index (χ0) is 9.54. The van der Waals surface area contributed by atoms with Crippen LogP contribution in [0.4, 0.5) is 11.5 Å². The molecule has 2 aromatic rings. The third kappa shape index (κ3) is 0.970. The van der Waals surface area contributed by atoms with E-state index in [-0.39, 0.29) is 5.69 Å². The first kappa shape index (κ1) is 7.44. The van der Waals surface area contributed by atoms with Crippen LogP contribution in [-0.2, 0) is 6.42 Å². The average Bonchev–Trinajstić information content (AvgIpc) is 2.53. The highest BCUT2D eigenvalue weighted by atomic mass is 16.1. The fourth-order valence-corrected chi connectivity index (χ4v) is 1.78. The molecule has 0 bridgehead atoms. The van der Waals surface area contributed by atoms with Crippen LogP contribution in [0.1, 0.15) is 11.3 Å². The molecule has 1 aromatic heterocycles. The van der Waals surface area contributed by atoms with Crippen LogP contribution in [0, 0.1) is 0 Å². The van der Waals surface area contributed by atoms with Gasteiger partial charge < -0.3 is 10.3 Å². The lowest BCUT2D eigenvalue weighted by atomic mass is 10.0. The van der Waals surface area contributed by atoms with Crippen molar-refractivity contribution in [2.45, 2.75) is 6.42 Å². The number of fused-ring (bicyclic) bond motifs is 2. The zero-order valence-electron chi connectivity index (χ0n) is 7.42. The number of rotatable bonds is 0. The Kier molecular flexibility index (Phi) is 1.33. The maximum absolute atomic E-state index is 11.1. The lowest BCUT2D eigenvalue weighted by molar-refractivity contribution is 1.07. The molecule has 1 aromatic carbocycles. The zero-order valence-corrected chi connectivity index (χ0v) is 7.42. The standard InChI is InChI=1S/C10H9N3O/c14-10-12-8-5-6-3-1-2-4-7(6)11-9(8)13-10/h1-4,11H,5H2,(H2,12,13,14). The first-order valence-corrected chi connectivity index (χ1v) is 4.49. The summed E-state index contributed by atoms with van der Waals surface area (Å²) < 4.78 is 0. The van der Waals surface area contributed by atoms with Crippen LogP contribution < -0.4 is 11.0 Å². The molecule has 0 atom stereocenters. The van der Waals surface area contributed by atoms with Crippen molar-refractivity contribution in [2.75, 3.05) is 5.32 Å². The third-order valence-corrected chi connectivity index (χ3v) is 2.45. The number of hydrogen-bond acceptors (Lipinski definition) is 2. The summed E-state index contributed by atoms with van der Waals surface area (Å²) in [4.78, 5) is 16.5. The molecule has 4 heteroatoms. The Morgan fingerprint density at radius 3 is 2.93 bits per heavy atom. The highest BCUT2D eigenvalue weighted by Gasteiger charge is 2.16. The van der Waals surface area contributed by atoms with Crippen LogP contribution in [0.15, 0.2) is 29.1 Å². The normalized spacial score (nSPS) is 12.9. The first-order chi connectivity index (χ1) is 6.83. The van der Waals surface area contributed by atoms with Gasteiger partial charge in [-0.05, 0) is 11.6 Å². The van der Waals surface area contributed by atoms with Gasteiger partial charge in [-0.3, -0.25) is 4.98 Å². The Morgan fingerprint density at radius 2 is 2.00 bits per heavy atom. The average molecular weight is 187 g/mol. The van der Waals surface area contributed by atoms with Crippen LogP contribution in [-0.4, -0.2) is 9.97 Å². The van der Waals surface area contributed by atoms with Crippen LogP contribution in [0.5, 0.6) is 0 Å². The van der Waals surface area contributed by atoms with Gasteiger partial charge in [-0.25, -0.2) is 4.79 Å². The van der Waals surface area contributed by atoms with Crippen molar-refractivity contribution in [1.82, 2.24) is 9.97 Å². The van der Waals surface area contributed by atoms with E-state index < -0.39 is 0 Å². The van der Waals surface area contributed by atoms with Gasteiger partial charge in [-0.15, -0.1) is 0 Å². The van der Waals surface area contributed by atoms with Gasteiger partial charge in [0, 0.05) is 12.1 Å². The van der Waals surface area contributed by atoms with E-state index in [9.17, 15) is 4.79 Å². The molecule has 70 valence electrons. The maximum Gasteiger partial charge on any atom is 0.324 e. The lowest BCUT2D eigenvalue weighted by Crippen LogP contribution is -2.05. The Hall–Kier alpha value is -1.97. The van der Waals surface area contributed by atoms with Gasteiger partial charge in [0.15, 0.2) is 0 Å². The van der Waals surface area contributed by atoms with E-state index in [0.717, 1.165) is 23.6 Å². The fourth-order valence-electron chi connectivity index (χ4n) is 1.78. The number of para-hydroxylation sites is 1. The lowest BCUT2D eigenvalue weighted by Gasteiger charge is -2.16. The molecular weight excluding hydrogens is 178 g/mol. The summed E-state index contributed by atoms with van der Waals surface area (Å²) in [7, 11) is 0. The van der Waals surface area contributed by atoms with E-state index in [0.29, 0.717) is 0 Å². The van der Waals surface area contributed by atoms with Gasteiger partial charge in [-0.2, -0.15) is 0 Å². The van der Waals surface area contributed by atoms with Crippen molar-refractivity contribution in [1.29, 1.82) is 0 Å². The Morgan fingerprint density at radius 1 is 1.14 bits per heavy atom. The van der Waals surface area contributed by atoms with Gasteiger partial charge in [0.2, 0.25) is 0 Å². The predicted molar refractivity (Wildman–Crippen MR) is 53.9 cm³/mol. The highest BCUT2D eigenvalue weighted by molar-refractivity contribution is 5.67. The maximum atomic E-state index is 11.1. The van der Waals surface area contributed by atoms with Crippen molar-refractivity contribution in [2.24, 2.45) is 0 Å². The molecule has 0 amide bonds. The molecule has 1 aliphatic heterocycles. The van der Waals surface area contributed by atoms with E-state index in [1.807, 2.05) is 18.2 Å². The largest absolute Gasteiger partial charge is 0.340 e. The summed E-state index contributed by atoms with van der Waals surface area (Å²) in [5, 5.41) is 3.17. The van der Waals surface area contributed by atoms with Gasteiger partial charge >= 0.3 is 5.69 Å². The quantitative estimate of drug-likeness (QED) is 0.497. The van der Waals surface area contributed by atoms with E-state index in [2.05, 4.69) is 21.4 Å². The number of nitrogens with one attached hydrogen (secondary N) is 3. The molecule has 4 nitrogen and oxygen atoms in total. The van der Waals surface area contributed by atoms with Crippen LogP contribution in [0.3, 0.4) is 0 Å². The summed E-state index contributed by atoms with van der Waals surface area (Å²) in [5.41, 5.74) is 3.04. The summed E-state index contributed by atoms with van der Waals surface area (Å²) >= 11 is 0. The summed E-state index contributed by atoms with van der Waals surface area (Å²) in [6.07, 6.45) is 0.775. The molecule has 3 rings (SSSR count). The molecular formula is C10H9N3O. The van der Waals surface area contributed by atoms with Crippen molar-refractivity contribution in [3.05, 3.63) is 46.0 Å². The van der Waals surface area contributed by atoms with E-state index in [4.69, 9.17) is 0 Å². The molecule has 0 unspecified atom stereocenters. The molecule has 0 spiro atoms. The fraction of sp³-hybridized carbons (Fsp3) is 0.100. The molecule has 0 aliphatic carbocycles. The van der Waals surface area contributed by atoms with E-state index >= 15 is 0 Å². The number of aromatic nitrogens is 2. The van der Waals surface area contributed by atoms with Crippen LogP contribution >= 0.6 is 0 Å². The number of benzene rings is 1. The first-order valence-electron chi connectivity index (χ1n) is 4.49. The smallest absolute Gasteiger partial charge is 0.324 e. The third-order valence-electron chi connectivity index (χ3n) is 2.45. The number of hydrogen-bond donors (Lipinski definition) is 3. The van der Waals surface area contributed by atoms with Crippen molar-refractivity contribution < 1.29 is 0 Å². The SMILES string of the molecule is O=c1[nH]c2c([nH]1)Nc1ccccc1C2. The predicted octanol–water partition coefficient (Wildman–Crippen LogP) is 1.35. The van der Waals surface area contributed by atoms with Crippen molar-refractivity contribution in [3.8, 4) is 0 Å². The van der Waals surface area contributed by atoms with E-state index in [1.54, 1.807) is 0 Å². The van der Waals surface area contributed by atoms with E-state index in [1.165, 1.54) is 5.56 Å². The van der Waals surface area contributed by atoms with Gasteiger partial charge in [-0.1, -0.05) is 18.2 Å². The summed E-state index contributed by atoms with van der Waals surface area (Å²) in [6.45, 7) is 0. The molecule has 3 N–H and O–H groups in total. The monoisotopic (exact) mass is 187 g/mol. The highest BCUT2D eigenvalue weighted by Crippen LogP contribution is 2.28. The van der Waals surface area contributed by atoms with Crippen LogP contribution in [0.2, 0.25) is 0 Å². The molecule has 0 saturated heterocycles. The number of anilines is 2. The van der Waals surface area contributed by atoms with Crippen LogP contribution in [0.25, 0.3) is 0 Å². The minimum absolute atomic E-state index is 0.157.